The molecule has 2 heterocycles. The van der Waals surface area contributed by atoms with Gasteiger partial charge in [0.15, 0.2) is 0 Å². The average molecular weight is 307 g/mol. The summed E-state index contributed by atoms with van der Waals surface area (Å²) in [5.74, 6) is -0.122. The number of carbonyl (C=O) groups is 1. The Bertz CT molecular complexity index is 974. The maximum atomic E-state index is 12.6. The maximum Gasteiger partial charge on any atom is 0.269 e. The van der Waals surface area contributed by atoms with Crippen molar-refractivity contribution in [2.45, 2.75) is 6.54 Å². The molecule has 23 heavy (non-hydrogen) atoms. The van der Waals surface area contributed by atoms with Crippen molar-refractivity contribution in [1.82, 2.24) is 4.57 Å². The smallest absolute Gasteiger partial charge is 0.269 e. The van der Waals surface area contributed by atoms with Crippen LogP contribution in [0, 0.1) is 10.1 Å². The third-order valence-electron chi connectivity index (χ3n) is 4.29. The Balaban J connectivity index is 1.76. The van der Waals surface area contributed by atoms with Gasteiger partial charge in [-0.05, 0) is 35.2 Å². The Labute approximate surface area is 131 Å². The fourth-order valence-electron chi connectivity index (χ4n) is 3.05. The van der Waals surface area contributed by atoms with Crippen molar-refractivity contribution in [3.63, 3.8) is 0 Å². The number of nitro benzene ring substituents is 1. The molecule has 0 fully saturated rings. The topological polar surface area (TPSA) is 68.4 Å². The Hall–Kier alpha value is -3.15. The van der Waals surface area contributed by atoms with E-state index in [0.29, 0.717) is 17.7 Å². The number of non-ortho nitro benzene ring substituents is 1. The van der Waals surface area contributed by atoms with Crippen LogP contribution in [0.15, 0.2) is 48.7 Å². The van der Waals surface area contributed by atoms with Crippen molar-refractivity contribution in [3.8, 4) is 0 Å². The van der Waals surface area contributed by atoms with Crippen molar-refractivity contribution >= 4 is 28.2 Å². The van der Waals surface area contributed by atoms with Crippen molar-refractivity contribution in [2.75, 3.05) is 4.90 Å². The van der Waals surface area contributed by atoms with Crippen molar-refractivity contribution in [2.24, 2.45) is 7.05 Å². The van der Waals surface area contributed by atoms with Crippen LogP contribution in [0.25, 0.3) is 10.9 Å². The van der Waals surface area contributed by atoms with Gasteiger partial charge in [0.25, 0.3) is 11.6 Å². The van der Waals surface area contributed by atoms with Gasteiger partial charge in [0.1, 0.15) is 0 Å². The van der Waals surface area contributed by atoms with E-state index in [2.05, 4.69) is 0 Å². The minimum absolute atomic E-state index is 0.0105. The number of fused-ring (bicyclic) bond motifs is 2. The SMILES string of the molecule is Cn1ccc2ccc(N3Cc4cc([N+](=O)[O-])ccc4C3=O)cc21. The summed E-state index contributed by atoms with van der Waals surface area (Å²) in [4.78, 5) is 24.7. The Kier molecular flexibility index (Phi) is 2.74. The predicted octanol–water partition coefficient (Wildman–Crippen LogP) is 3.25. The lowest BCUT2D eigenvalue weighted by molar-refractivity contribution is -0.384. The molecule has 0 aliphatic carbocycles. The van der Waals surface area contributed by atoms with Crippen LogP contribution in [0.2, 0.25) is 0 Å². The molecule has 1 aliphatic rings. The number of nitro groups is 1. The van der Waals surface area contributed by atoms with Crippen LogP contribution in [-0.4, -0.2) is 15.4 Å². The lowest BCUT2D eigenvalue weighted by Crippen LogP contribution is -2.22. The summed E-state index contributed by atoms with van der Waals surface area (Å²) >= 11 is 0. The van der Waals surface area contributed by atoms with E-state index in [1.165, 1.54) is 18.2 Å². The Morgan fingerprint density at radius 2 is 1.96 bits per heavy atom. The summed E-state index contributed by atoms with van der Waals surface area (Å²) in [5, 5.41) is 12.0. The zero-order chi connectivity index (χ0) is 16.1. The molecule has 3 aromatic rings. The first kappa shape index (κ1) is 13.5. The molecule has 0 N–H and O–H groups in total. The number of aryl methyl sites for hydroxylation is 1. The second kappa shape index (κ2) is 4.67. The molecule has 4 rings (SSSR count). The molecule has 0 saturated carbocycles. The summed E-state index contributed by atoms with van der Waals surface area (Å²) in [6.07, 6.45) is 1.97. The number of rotatable bonds is 2. The van der Waals surface area contributed by atoms with Crippen LogP contribution < -0.4 is 4.90 Å². The number of benzene rings is 2. The molecule has 114 valence electrons. The molecule has 2 aromatic carbocycles. The van der Waals surface area contributed by atoms with Crippen molar-refractivity contribution in [3.05, 3.63) is 69.9 Å². The number of amides is 1. The summed E-state index contributed by atoms with van der Waals surface area (Å²) in [6.45, 7) is 0.353. The van der Waals surface area contributed by atoms with Gasteiger partial charge in [-0.25, -0.2) is 0 Å². The molecular formula is C17H13N3O3. The van der Waals surface area contributed by atoms with Crippen LogP contribution in [0.5, 0.6) is 0 Å². The van der Waals surface area contributed by atoms with E-state index in [0.717, 1.165) is 16.6 Å². The number of nitrogens with zero attached hydrogens (tertiary/aromatic N) is 3. The van der Waals surface area contributed by atoms with Crippen LogP contribution in [0.1, 0.15) is 15.9 Å². The number of anilines is 1. The molecule has 1 aromatic heterocycles. The third kappa shape index (κ3) is 1.99. The molecule has 0 spiro atoms. The minimum atomic E-state index is -0.441. The highest BCUT2D eigenvalue weighted by Gasteiger charge is 2.30. The van der Waals surface area contributed by atoms with E-state index in [-0.39, 0.29) is 11.6 Å². The molecule has 6 nitrogen and oxygen atoms in total. The first-order valence-electron chi connectivity index (χ1n) is 7.19. The molecule has 0 bridgehead atoms. The largest absolute Gasteiger partial charge is 0.350 e. The van der Waals surface area contributed by atoms with Gasteiger partial charge in [-0.2, -0.15) is 0 Å². The van der Waals surface area contributed by atoms with E-state index in [9.17, 15) is 14.9 Å². The number of hydrogen-bond donors (Lipinski definition) is 0. The van der Waals surface area contributed by atoms with E-state index >= 15 is 0 Å². The van der Waals surface area contributed by atoms with E-state index in [1.807, 2.05) is 42.1 Å². The summed E-state index contributed by atoms with van der Waals surface area (Å²) < 4.78 is 2.00. The van der Waals surface area contributed by atoms with E-state index in [4.69, 9.17) is 0 Å². The van der Waals surface area contributed by atoms with Gasteiger partial charge in [-0.15, -0.1) is 0 Å². The predicted molar refractivity (Wildman–Crippen MR) is 86.5 cm³/mol. The van der Waals surface area contributed by atoms with Crippen LogP contribution in [0.4, 0.5) is 11.4 Å². The van der Waals surface area contributed by atoms with Gasteiger partial charge in [0.2, 0.25) is 0 Å². The quantitative estimate of drug-likeness (QED) is 0.539. The normalized spacial score (nSPS) is 13.6. The summed E-state index contributed by atoms with van der Waals surface area (Å²) in [7, 11) is 1.95. The molecular weight excluding hydrogens is 294 g/mol. The lowest BCUT2D eigenvalue weighted by atomic mass is 10.1. The molecule has 0 unspecified atom stereocenters. The van der Waals surface area contributed by atoms with Gasteiger partial charge in [-0.1, -0.05) is 6.07 Å². The van der Waals surface area contributed by atoms with Crippen LogP contribution in [-0.2, 0) is 13.6 Å². The first-order valence-corrected chi connectivity index (χ1v) is 7.19. The number of aromatic nitrogens is 1. The zero-order valence-electron chi connectivity index (χ0n) is 12.4. The summed E-state index contributed by atoms with van der Waals surface area (Å²) in [5.41, 5.74) is 3.07. The number of carbonyl (C=O) groups excluding carboxylic acids is 1. The van der Waals surface area contributed by atoms with Crippen LogP contribution in [0.3, 0.4) is 0 Å². The zero-order valence-corrected chi connectivity index (χ0v) is 12.4. The third-order valence-corrected chi connectivity index (χ3v) is 4.29. The molecule has 0 atom stereocenters. The Morgan fingerprint density at radius 1 is 1.13 bits per heavy atom. The second-order valence-electron chi connectivity index (χ2n) is 5.66. The van der Waals surface area contributed by atoms with E-state index in [1.54, 1.807) is 4.90 Å². The van der Waals surface area contributed by atoms with E-state index < -0.39 is 4.92 Å². The molecule has 0 radical (unpaired) electrons. The molecule has 6 heteroatoms. The molecule has 0 saturated heterocycles. The fraction of sp³-hybridized carbons (Fsp3) is 0.118. The second-order valence-corrected chi connectivity index (χ2v) is 5.66. The standard InChI is InChI=1S/C17H13N3O3/c1-18-7-6-11-2-3-13(9-16(11)18)19-10-12-8-14(20(22)23)4-5-15(12)17(19)21/h2-9H,10H2,1H3. The van der Waals surface area contributed by atoms with Crippen molar-refractivity contribution < 1.29 is 9.72 Å². The summed E-state index contributed by atoms with van der Waals surface area (Å²) in [6, 6.07) is 12.3. The van der Waals surface area contributed by atoms with Gasteiger partial charge in [-0.3, -0.25) is 14.9 Å². The number of hydrogen-bond acceptors (Lipinski definition) is 3. The highest BCUT2D eigenvalue weighted by molar-refractivity contribution is 6.10. The molecule has 1 aliphatic heterocycles. The average Bonchev–Trinajstić information content (AvgIpc) is 3.08. The van der Waals surface area contributed by atoms with Gasteiger partial charge < -0.3 is 9.47 Å². The molecule has 1 amide bonds. The highest BCUT2D eigenvalue weighted by Crippen LogP contribution is 2.32. The van der Waals surface area contributed by atoms with Gasteiger partial charge in [0.05, 0.1) is 11.5 Å². The monoisotopic (exact) mass is 307 g/mol. The lowest BCUT2D eigenvalue weighted by Gasteiger charge is -2.16. The fourth-order valence-corrected chi connectivity index (χ4v) is 3.05. The first-order chi connectivity index (χ1) is 11.0. The Morgan fingerprint density at radius 3 is 2.74 bits per heavy atom. The van der Waals surface area contributed by atoms with Crippen molar-refractivity contribution in [1.29, 1.82) is 0 Å². The highest BCUT2D eigenvalue weighted by atomic mass is 16.6. The van der Waals surface area contributed by atoms with Gasteiger partial charge >= 0.3 is 0 Å². The minimum Gasteiger partial charge on any atom is -0.350 e. The van der Waals surface area contributed by atoms with Gasteiger partial charge in [0, 0.05) is 42.1 Å². The van der Waals surface area contributed by atoms with Crippen LogP contribution >= 0.6 is 0 Å². The maximum absolute atomic E-state index is 12.6.